The average molecular weight is 600 g/mol. The molecule has 2 fully saturated rings. The van der Waals surface area contributed by atoms with Crippen LogP contribution >= 0.6 is 0 Å². The summed E-state index contributed by atoms with van der Waals surface area (Å²) in [5, 5.41) is 10.8. The number of benzene rings is 1. The minimum absolute atomic E-state index is 0.0799. The molecule has 1 aromatic carbocycles. The summed E-state index contributed by atoms with van der Waals surface area (Å²) in [7, 11) is 2.12. The van der Waals surface area contributed by atoms with Crippen molar-refractivity contribution in [2.45, 2.75) is 64.7 Å². The fraction of sp³-hybridized carbons (Fsp3) is 0.552. The summed E-state index contributed by atoms with van der Waals surface area (Å²) in [5.41, 5.74) is 1.10. The third kappa shape index (κ3) is 6.24. The smallest absolute Gasteiger partial charge is 0.365 e. The molecule has 3 aromatic heterocycles. The molecule has 6 rings (SSSR count). The molecule has 0 radical (unpaired) electrons. The van der Waals surface area contributed by atoms with Crippen LogP contribution in [-0.2, 0) is 12.7 Å². The highest BCUT2D eigenvalue weighted by Crippen LogP contribution is 2.35. The first-order chi connectivity index (χ1) is 20.5. The molecule has 0 bridgehead atoms. The van der Waals surface area contributed by atoms with Gasteiger partial charge in [0.2, 0.25) is 17.6 Å². The first-order valence-corrected chi connectivity index (χ1v) is 14.7. The van der Waals surface area contributed by atoms with E-state index in [0.717, 1.165) is 50.9 Å². The molecule has 14 heteroatoms. The topological polar surface area (TPSA) is 130 Å². The van der Waals surface area contributed by atoms with Gasteiger partial charge in [-0.3, -0.25) is 9.51 Å². The van der Waals surface area contributed by atoms with Gasteiger partial charge in [-0.1, -0.05) is 30.6 Å². The number of likely N-dealkylation sites (tertiary alicyclic amines) is 1. The molecule has 2 aliphatic rings. The minimum atomic E-state index is -4.42. The van der Waals surface area contributed by atoms with Crippen LogP contribution in [0.2, 0.25) is 0 Å². The van der Waals surface area contributed by atoms with Crippen LogP contribution in [0.15, 0.2) is 33.6 Å². The second-order valence-electron chi connectivity index (χ2n) is 12.3. The third-order valence-corrected chi connectivity index (χ3v) is 8.86. The van der Waals surface area contributed by atoms with E-state index in [2.05, 4.69) is 51.6 Å². The van der Waals surface area contributed by atoms with Crippen LogP contribution in [0.5, 0.6) is 0 Å². The Labute approximate surface area is 246 Å². The Balaban J connectivity index is 1.40. The van der Waals surface area contributed by atoms with Crippen LogP contribution in [0, 0.1) is 11.3 Å². The zero-order valence-corrected chi connectivity index (χ0v) is 24.5. The van der Waals surface area contributed by atoms with E-state index in [1.165, 1.54) is 18.6 Å². The van der Waals surface area contributed by atoms with Gasteiger partial charge in [0.1, 0.15) is 5.52 Å². The summed E-state index contributed by atoms with van der Waals surface area (Å²) in [6.07, 6.45) is 0.996. The maximum absolute atomic E-state index is 13.3. The van der Waals surface area contributed by atoms with Crippen LogP contribution in [0.4, 0.5) is 24.9 Å². The maximum atomic E-state index is 13.3. The van der Waals surface area contributed by atoms with Crippen molar-refractivity contribution >= 4 is 22.9 Å². The van der Waals surface area contributed by atoms with Gasteiger partial charge in [-0.25, -0.2) is 14.8 Å². The van der Waals surface area contributed by atoms with E-state index < -0.39 is 17.5 Å². The number of imidazole rings is 1. The Morgan fingerprint density at radius 2 is 1.95 bits per heavy atom. The van der Waals surface area contributed by atoms with Gasteiger partial charge in [0.05, 0.1) is 12.1 Å². The zero-order chi connectivity index (χ0) is 30.4. The number of halogens is 3. The van der Waals surface area contributed by atoms with E-state index in [4.69, 9.17) is 14.5 Å². The first kappa shape index (κ1) is 29.1. The van der Waals surface area contributed by atoms with Crippen molar-refractivity contribution in [3.05, 3.63) is 45.9 Å². The van der Waals surface area contributed by atoms with Gasteiger partial charge in [0, 0.05) is 19.1 Å². The van der Waals surface area contributed by atoms with Gasteiger partial charge in [0.25, 0.3) is 0 Å². The van der Waals surface area contributed by atoms with Crippen molar-refractivity contribution in [1.29, 1.82) is 0 Å². The predicted molar refractivity (Wildman–Crippen MR) is 156 cm³/mol. The number of anilines is 2. The van der Waals surface area contributed by atoms with E-state index in [-0.39, 0.29) is 29.7 Å². The van der Waals surface area contributed by atoms with Crippen molar-refractivity contribution in [3.8, 4) is 11.6 Å². The molecule has 4 heterocycles. The molecule has 230 valence electrons. The lowest BCUT2D eigenvalue weighted by atomic mass is 9.80. The summed E-state index contributed by atoms with van der Waals surface area (Å²) in [6, 6.07) is 5.24. The van der Waals surface area contributed by atoms with Gasteiger partial charge in [0.15, 0.2) is 11.5 Å². The predicted octanol–water partition coefficient (Wildman–Crippen LogP) is 4.98. The minimum Gasteiger partial charge on any atom is -0.365 e. The Kier molecular flexibility index (Phi) is 7.65. The average Bonchev–Trinajstić information content (AvgIpc) is 3.60. The maximum Gasteiger partial charge on any atom is 0.439 e. The van der Waals surface area contributed by atoms with E-state index >= 15 is 0 Å². The Hall–Kier alpha value is -3.94. The molecule has 1 saturated heterocycles. The third-order valence-electron chi connectivity index (χ3n) is 8.86. The zero-order valence-electron chi connectivity index (χ0n) is 24.5. The number of hydrogen-bond donors (Lipinski definition) is 3. The number of hydrogen-bond acceptors (Lipinski definition) is 9. The number of nitrogens with one attached hydrogen (secondary N) is 3. The van der Waals surface area contributed by atoms with Gasteiger partial charge in [-0.2, -0.15) is 18.2 Å². The Bertz CT molecular complexity index is 1640. The van der Waals surface area contributed by atoms with Crippen molar-refractivity contribution < 1.29 is 17.7 Å². The number of alkyl halides is 3. The van der Waals surface area contributed by atoms with E-state index in [9.17, 15) is 18.0 Å². The Morgan fingerprint density at radius 3 is 2.56 bits per heavy atom. The Morgan fingerprint density at radius 1 is 1.19 bits per heavy atom. The molecule has 1 aliphatic carbocycles. The first-order valence-electron chi connectivity index (χ1n) is 14.7. The summed E-state index contributed by atoms with van der Waals surface area (Å²) in [5.74, 6) is 1.02. The van der Waals surface area contributed by atoms with Crippen LogP contribution in [0.1, 0.15) is 57.1 Å². The fourth-order valence-electron chi connectivity index (χ4n) is 6.06. The SMILES string of the molecule is C[C@@H](Nc1nc(-c2noc(=O)[nH]2)nc2nc(NCCC3(C)CCN(C)C3)n(Cc3ccc(C(F)(F)F)cc3)c12)C1CCC1. The highest BCUT2D eigenvalue weighted by atomic mass is 19.4. The molecule has 1 unspecified atom stereocenters. The number of fused-ring (bicyclic) bond motifs is 1. The second kappa shape index (κ2) is 11.3. The standard InChI is InChI=1S/C29H36F3N9O2/c1-17(19-5-4-6-19)34-22-21-23(36-24(35-22)25-38-27(42)43-39-25)37-26(33-13-11-28(2)12-14-40(3)16-28)41(21)15-18-7-9-20(10-8-18)29(30,31)32/h7-10,17,19H,4-6,11-16H2,1-3H3,(H,38,39,42)(H2,33,34,35,36,37)/t17-,28?/m1/s1. The molecular formula is C29H36F3N9O2. The molecule has 2 atom stereocenters. The van der Waals surface area contributed by atoms with E-state index in [1.54, 1.807) is 0 Å². The highest BCUT2D eigenvalue weighted by molar-refractivity contribution is 5.87. The number of aromatic nitrogens is 6. The van der Waals surface area contributed by atoms with Crippen molar-refractivity contribution in [2.24, 2.45) is 11.3 Å². The van der Waals surface area contributed by atoms with Crippen molar-refractivity contribution in [1.82, 2.24) is 34.6 Å². The van der Waals surface area contributed by atoms with Gasteiger partial charge in [-0.05, 0) is 75.2 Å². The van der Waals surface area contributed by atoms with Gasteiger partial charge in [-0.15, -0.1) is 0 Å². The fourth-order valence-corrected chi connectivity index (χ4v) is 6.06. The number of rotatable bonds is 10. The summed E-state index contributed by atoms with van der Waals surface area (Å²) in [6.45, 7) is 7.34. The molecule has 11 nitrogen and oxygen atoms in total. The van der Waals surface area contributed by atoms with Crippen LogP contribution in [-0.4, -0.2) is 67.3 Å². The quantitative estimate of drug-likeness (QED) is 0.231. The molecule has 3 N–H and O–H groups in total. The second-order valence-corrected chi connectivity index (χ2v) is 12.3. The molecule has 1 aliphatic heterocycles. The number of H-pyrrole nitrogens is 1. The summed E-state index contributed by atoms with van der Waals surface area (Å²) >= 11 is 0. The molecule has 0 spiro atoms. The van der Waals surface area contributed by atoms with Crippen molar-refractivity contribution in [3.63, 3.8) is 0 Å². The van der Waals surface area contributed by atoms with Crippen LogP contribution < -0.4 is 16.4 Å². The summed E-state index contributed by atoms with van der Waals surface area (Å²) in [4.78, 5) is 30.7. The number of aromatic amines is 1. The largest absolute Gasteiger partial charge is 0.439 e. The number of nitrogens with zero attached hydrogens (tertiary/aromatic N) is 6. The lowest BCUT2D eigenvalue weighted by Gasteiger charge is -2.32. The van der Waals surface area contributed by atoms with E-state index in [1.807, 2.05) is 4.57 Å². The van der Waals surface area contributed by atoms with E-state index in [0.29, 0.717) is 41.0 Å². The van der Waals surface area contributed by atoms with Crippen LogP contribution in [0.3, 0.4) is 0 Å². The molecule has 43 heavy (non-hydrogen) atoms. The normalized spacial score (nSPS) is 20.4. The molecule has 1 saturated carbocycles. The lowest BCUT2D eigenvalue weighted by Crippen LogP contribution is -2.31. The molecule has 4 aromatic rings. The molecule has 0 amide bonds. The van der Waals surface area contributed by atoms with Crippen LogP contribution in [0.25, 0.3) is 22.8 Å². The highest BCUT2D eigenvalue weighted by Gasteiger charge is 2.32. The molecular weight excluding hydrogens is 563 g/mol. The van der Waals surface area contributed by atoms with Gasteiger partial charge >= 0.3 is 11.9 Å². The monoisotopic (exact) mass is 599 g/mol. The summed E-state index contributed by atoms with van der Waals surface area (Å²) < 4.78 is 46.4. The van der Waals surface area contributed by atoms with Gasteiger partial charge < -0.3 is 20.1 Å². The van der Waals surface area contributed by atoms with Crippen molar-refractivity contribution in [2.75, 3.05) is 37.3 Å². The lowest BCUT2D eigenvalue weighted by molar-refractivity contribution is -0.137.